The van der Waals surface area contributed by atoms with Gasteiger partial charge in [0.2, 0.25) is 5.91 Å². The predicted octanol–water partition coefficient (Wildman–Crippen LogP) is 1.19. The van der Waals surface area contributed by atoms with Gasteiger partial charge >= 0.3 is 0 Å². The number of nitrogens with one attached hydrogen (secondary N) is 3. The molecule has 0 atom stereocenters. The molecule has 0 fully saturated rings. The molecule has 1 rings (SSSR count). The zero-order valence-electron chi connectivity index (χ0n) is 13.9. The van der Waals surface area contributed by atoms with E-state index in [1.807, 2.05) is 6.92 Å². The van der Waals surface area contributed by atoms with Crippen LogP contribution in [0.3, 0.4) is 0 Å². The minimum Gasteiger partial charge on any atom is -0.383 e. The molecular weight excluding hydrogens is 280 g/mol. The highest BCUT2D eigenvalue weighted by Gasteiger charge is 2.05. The van der Waals surface area contributed by atoms with E-state index >= 15 is 0 Å². The van der Waals surface area contributed by atoms with Crippen molar-refractivity contribution >= 4 is 11.9 Å². The van der Waals surface area contributed by atoms with Gasteiger partial charge in [0.25, 0.3) is 0 Å². The number of aliphatic imine (C=N–C) groups is 1. The lowest BCUT2D eigenvalue weighted by Crippen LogP contribution is -2.39. The first-order chi connectivity index (χ1) is 10.8. The van der Waals surface area contributed by atoms with E-state index < -0.39 is 0 Å². The van der Waals surface area contributed by atoms with Crippen molar-refractivity contribution in [2.45, 2.75) is 39.0 Å². The molecule has 0 saturated heterocycles. The van der Waals surface area contributed by atoms with Crippen molar-refractivity contribution in [3.05, 3.63) is 11.6 Å². The van der Waals surface area contributed by atoms with Crippen molar-refractivity contribution in [3.8, 4) is 0 Å². The van der Waals surface area contributed by atoms with Gasteiger partial charge in [-0.25, -0.2) is 4.99 Å². The van der Waals surface area contributed by atoms with Crippen LogP contribution in [0, 0.1) is 0 Å². The monoisotopic (exact) mass is 310 g/mol. The Kier molecular flexibility index (Phi) is 10.1. The van der Waals surface area contributed by atoms with Gasteiger partial charge in [0.15, 0.2) is 5.96 Å². The van der Waals surface area contributed by atoms with Crippen LogP contribution in [0.1, 0.15) is 39.0 Å². The van der Waals surface area contributed by atoms with E-state index in [4.69, 9.17) is 4.74 Å². The summed E-state index contributed by atoms with van der Waals surface area (Å²) in [7, 11) is 1.61. The van der Waals surface area contributed by atoms with E-state index in [1.54, 1.807) is 7.11 Å². The van der Waals surface area contributed by atoms with Crippen molar-refractivity contribution in [2.75, 3.05) is 39.9 Å². The number of methoxy groups -OCH3 is 1. The summed E-state index contributed by atoms with van der Waals surface area (Å²) in [5.74, 6) is 0.602. The lowest BCUT2D eigenvalue weighted by molar-refractivity contribution is -0.119. The zero-order chi connectivity index (χ0) is 16.0. The molecule has 0 heterocycles. The molecule has 126 valence electrons. The van der Waals surface area contributed by atoms with Crippen LogP contribution in [0.5, 0.6) is 0 Å². The molecule has 0 aromatic rings. The Morgan fingerprint density at radius 3 is 2.82 bits per heavy atom. The normalized spacial score (nSPS) is 15.2. The molecule has 1 aliphatic rings. The number of hydrogen-bond donors (Lipinski definition) is 3. The van der Waals surface area contributed by atoms with E-state index in [-0.39, 0.29) is 12.5 Å². The maximum absolute atomic E-state index is 11.6. The van der Waals surface area contributed by atoms with Crippen molar-refractivity contribution in [1.82, 2.24) is 16.0 Å². The number of amides is 1. The van der Waals surface area contributed by atoms with Crippen LogP contribution in [-0.4, -0.2) is 51.8 Å². The Balaban J connectivity index is 2.28. The third kappa shape index (κ3) is 8.67. The summed E-state index contributed by atoms with van der Waals surface area (Å²) in [6.07, 6.45) is 8.46. The Labute approximate surface area is 133 Å². The number of allylic oxidation sites excluding steroid dienone is 1. The highest BCUT2D eigenvalue weighted by atomic mass is 16.5. The van der Waals surface area contributed by atoms with Crippen LogP contribution >= 0.6 is 0 Å². The van der Waals surface area contributed by atoms with Crippen LogP contribution in [-0.2, 0) is 9.53 Å². The van der Waals surface area contributed by atoms with E-state index in [0.717, 1.165) is 19.5 Å². The van der Waals surface area contributed by atoms with Crippen molar-refractivity contribution in [1.29, 1.82) is 0 Å². The molecule has 0 aromatic carbocycles. The fourth-order valence-electron chi connectivity index (χ4n) is 2.31. The highest BCUT2D eigenvalue weighted by molar-refractivity contribution is 5.84. The van der Waals surface area contributed by atoms with Crippen molar-refractivity contribution in [2.24, 2.45) is 4.99 Å². The van der Waals surface area contributed by atoms with Gasteiger partial charge in [-0.1, -0.05) is 11.6 Å². The Morgan fingerprint density at radius 1 is 1.27 bits per heavy atom. The summed E-state index contributed by atoms with van der Waals surface area (Å²) in [5.41, 5.74) is 1.53. The number of carbonyl (C=O) groups excluding carboxylic acids is 1. The third-order valence-electron chi connectivity index (χ3n) is 3.48. The largest absolute Gasteiger partial charge is 0.383 e. The summed E-state index contributed by atoms with van der Waals surface area (Å²) < 4.78 is 4.89. The molecule has 6 heteroatoms. The van der Waals surface area contributed by atoms with Crippen molar-refractivity contribution in [3.63, 3.8) is 0 Å². The quantitative estimate of drug-likeness (QED) is 0.259. The smallest absolute Gasteiger partial charge is 0.241 e. The average molecular weight is 310 g/mol. The minimum atomic E-state index is -0.0933. The number of carbonyl (C=O) groups is 1. The minimum absolute atomic E-state index is 0.0933. The molecule has 3 N–H and O–H groups in total. The molecule has 0 spiro atoms. The second-order valence-electron chi connectivity index (χ2n) is 5.32. The van der Waals surface area contributed by atoms with Crippen LogP contribution < -0.4 is 16.0 Å². The maximum Gasteiger partial charge on any atom is 0.241 e. The average Bonchev–Trinajstić information content (AvgIpc) is 2.54. The van der Waals surface area contributed by atoms with Gasteiger partial charge in [-0.15, -0.1) is 0 Å². The van der Waals surface area contributed by atoms with Gasteiger partial charge < -0.3 is 20.7 Å². The molecular formula is C16H30N4O2. The van der Waals surface area contributed by atoms with E-state index in [0.29, 0.717) is 19.1 Å². The molecule has 0 unspecified atom stereocenters. The molecule has 0 radical (unpaired) electrons. The second-order valence-corrected chi connectivity index (χ2v) is 5.32. The number of ether oxygens (including phenoxy) is 1. The number of hydrogen-bond acceptors (Lipinski definition) is 3. The maximum atomic E-state index is 11.6. The Morgan fingerprint density at radius 2 is 2.14 bits per heavy atom. The summed E-state index contributed by atoms with van der Waals surface area (Å²) >= 11 is 0. The van der Waals surface area contributed by atoms with Gasteiger partial charge in [-0.2, -0.15) is 0 Å². The predicted molar refractivity (Wildman–Crippen MR) is 90.0 cm³/mol. The molecule has 0 saturated carbocycles. The number of rotatable bonds is 9. The van der Waals surface area contributed by atoms with Crippen LogP contribution in [0.2, 0.25) is 0 Å². The van der Waals surface area contributed by atoms with Gasteiger partial charge in [-0.05, 0) is 39.0 Å². The first-order valence-electron chi connectivity index (χ1n) is 8.22. The zero-order valence-corrected chi connectivity index (χ0v) is 13.9. The first-order valence-corrected chi connectivity index (χ1v) is 8.22. The van der Waals surface area contributed by atoms with Gasteiger partial charge in [0.05, 0.1) is 6.61 Å². The summed E-state index contributed by atoms with van der Waals surface area (Å²) in [6.45, 7) is 4.80. The molecule has 22 heavy (non-hydrogen) atoms. The first kappa shape index (κ1) is 18.5. The number of nitrogens with zero attached hydrogens (tertiary/aromatic N) is 1. The fourth-order valence-corrected chi connectivity index (χ4v) is 2.31. The van der Waals surface area contributed by atoms with Crippen LogP contribution in [0.4, 0.5) is 0 Å². The second kappa shape index (κ2) is 12.0. The fraction of sp³-hybridized carbons (Fsp3) is 0.750. The Bertz CT molecular complexity index is 380. The topological polar surface area (TPSA) is 74.8 Å². The van der Waals surface area contributed by atoms with E-state index in [9.17, 15) is 4.79 Å². The summed E-state index contributed by atoms with van der Waals surface area (Å²) in [4.78, 5) is 15.9. The van der Waals surface area contributed by atoms with Gasteiger partial charge in [-0.3, -0.25) is 4.79 Å². The van der Waals surface area contributed by atoms with E-state index in [2.05, 4.69) is 27.0 Å². The van der Waals surface area contributed by atoms with Gasteiger partial charge in [0.1, 0.15) is 6.54 Å². The van der Waals surface area contributed by atoms with Crippen molar-refractivity contribution < 1.29 is 9.53 Å². The lowest BCUT2D eigenvalue weighted by Gasteiger charge is -2.15. The molecule has 0 bridgehead atoms. The highest BCUT2D eigenvalue weighted by Crippen LogP contribution is 2.19. The third-order valence-corrected chi connectivity index (χ3v) is 3.48. The Hall–Kier alpha value is -1.56. The molecule has 1 amide bonds. The summed E-state index contributed by atoms with van der Waals surface area (Å²) in [6, 6.07) is 0. The SMILES string of the molecule is CCNC(=NCC(=O)NCCOC)NCCC1=CCCCC1. The summed E-state index contributed by atoms with van der Waals surface area (Å²) in [5, 5.41) is 9.19. The van der Waals surface area contributed by atoms with Crippen LogP contribution in [0.15, 0.2) is 16.6 Å². The lowest BCUT2D eigenvalue weighted by atomic mass is 9.97. The molecule has 6 nitrogen and oxygen atoms in total. The molecule has 0 aliphatic heterocycles. The number of guanidine groups is 1. The van der Waals surface area contributed by atoms with E-state index in [1.165, 1.54) is 31.3 Å². The molecule has 1 aliphatic carbocycles. The standard InChI is InChI=1S/C16H30N4O2/c1-3-17-16(20-13-15(21)18-11-12-22-2)19-10-9-14-7-5-4-6-8-14/h7H,3-6,8-13H2,1-2H3,(H,18,21)(H2,17,19,20). The van der Waals surface area contributed by atoms with Gasteiger partial charge in [0, 0.05) is 26.7 Å². The molecule has 0 aromatic heterocycles. The van der Waals surface area contributed by atoms with Crippen LogP contribution in [0.25, 0.3) is 0 Å².